The van der Waals surface area contributed by atoms with Crippen molar-refractivity contribution in [2.45, 2.75) is 17.0 Å². The molecule has 1 amide bonds. The number of aryl methyl sites for hydroxylation is 1. The number of aromatic nitrogens is 3. The first-order valence-corrected chi connectivity index (χ1v) is 13.0. The van der Waals surface area contributed by atoms with Crippen LogP contribution in [0.1, 0.15) is 5.56 Å². The van der Waals surface area contributed by atoms with E-state index >= 15 is 0 Å². The molecule has 11 heteroatoms. The Morgan fingerprint density at radius 2 is 1.71 bits per heavy atom. The first-order chi connectivity index (χ1) is 16.8. The van der Waals surface area contributed by atoms with Crippen molar-refractivity contribution in [3.05, 3.63) is 78.4 Å². The third kappa shape index (κ3) is 5.70. The Morgan fingerprint density at radius 1 is 1.03 bits per heavy atom. The summed E-state index contributed by atoms with van der Waals surface area (Å²) in [5.74, 6) is 1.03. The summed E-state index contributed by atoms with van der Waals surface area (Å²) in [5.41, 5.74) is 3.19. The fourth-order valence-electron chi connectivity index (χ4n) is 3.35. The van der Waals surface area contributed by atoms with Crippen LogP contribution in [0.5, 0.6) is 5.75 Å². The number of amides is 1. The van der Waals surface area contributed by atoms with Crippen molar-refractivity contribution in [3.63, 3.8) is 0 Å². The highest BCUT2D eigenvalue weighted by molar-refractivity contribution is 7.99. The molecule has 1 heterocycles. The Balaban J connectivity index is 1.58. The van der Waals surface area contributed by atoms with Gasteiger partial charge in [-0.15, -0.1) is 10.2 Å². The number of carbonyl (C=O) groups is 1. The smallest absolute Gasteiger partial charge is 0.238 e. The number of primary sulfonamides is 1. The molecule has 4 aromatic rings. The average molecular weight is 510 g/mol. The molecule has 0 unspecified atom stereocenters. The van der Waals surface area contributed by atoms with E-state index in [9.17, 15) is 13.2 Å². The fraction of sp³-hybridized carbons (Fsp3) is 0.125. The molecule has 1 aromatic heterocycles. The molecule has 4 rings (SSSR count). The van der Waals surface area contributed by atoms with E-state index in [-0.39, 0.29) is 16.6 Å². The van der Waals surface area contributed by atoms with Crippen molar-refractivity contribution in [2.75, 3.05) is 18.2 Å². The summed E-state index contributed by atoms with van der Waals surface area (Å²) in [7, 11) is -2.20. The Hall–Kier alpha value is -3.67. The third-order valence-corrected chi connectivity index (χ3v) is 6.93. The van der Waals surface area contributed by atoms with Gasteiger partial charge >= 0.3 is 0 Å². The van der Waals surface area contributed by atoms with Gasteiger partial charge in [0.1, 0.15) is 5.75 Å². The van der Waals surface area contributed by atoms with Gasteiger partial charge in [0.15, 0.2) is 11.0 Å². The van der Waals surface area contributed by atoms with Crippen LogP contribution >= 0.6 is 11.8 Å². The van der Waals surface area contributed by atoms with Crippen LogP contribution in [0.2, 0.25) is 0 Å². The molecule has 0 atom stereocenters. The lowest BCUT2D eigenvalue weighted by atomic mass is 10.1. The van der Waals surface area contributed by atoms with Crippen LogP contribution < -0.4 is 15.2 Å². The Bertz CT molecular complexity index is 1450. The molecular weight excluding hydrogens is 486 g/mol. The first-order valence-electron chi connectivity index (χ1n) is 10.5. The summed E-state index contributed by atoms with van der Waals surface area (Å²) in [4.78, 5) is 12.6. The normalized spacial score (nSPS) is 11.3. The number of anilines is 1. The second-order valence-electron chi connectivity index (χ2n) is 7.58. The van der Waals surface area contributed by atoms with Gasteiger partial charge in [0.05, 0.1) is 23.3 Å². The predicted octanol–water partition coefficient (Wildman–Crippen LogP) is 3.63. The van der Waals surface area contributed by atoms with Crippen LogP contribution in [-0.2, 0) is 14.8 Å². The summed E-state index contributed by atoms with van der Waals surface area (Å²) in [6.07, 6.45) is 0. The summed E-state index contributed by atoms with van der Waals surface area (Å²) in [6.45, 7) is 2.01. The third-order valence-electron chi connectivity index (χ3n) is 5.07. The quantitative estimate of drug-likeness (QED) is 0.347. The van der Waals surface area contributed by atoms with Crippen molar-refractivity contribution >= 4 is 33.4 Å². The summed E-state index contributed by atoms with van der Waals surface area (Å²) in [6, 6.07) is 21.1. The van der Waals surface area contributed by atoms with Gasteiger partial charge in [-0.25, -0.2) is 13.6 Å². The van der Waals surface area contributed by atoms with E-state index < -0.39 is 10.0 Å². The van der Waals surface area contributed by atoms with E-state index in [0.717, 1.165) is 16.8 Å². The number of nitrogens with two attached hydrogens (primary N) is 1. The van der Waals surface area contributed by atoms with E-state index in [1.54, 1.807) is 7.11 Å². The van der Waals surface area contributed by atoms with E-state index in [1.807, 2.05) is 60.0 Å². The highest BCUT2D eigenvalue weighted by Gasteiger charge is 2.20. The van der Waals surface area contributed by atoms with Gasteiger partial charge < -0.3 is 10.1 Å². The molecule has 0 saturated heterocycles. The largest absolute Gasteiger partial charge is 0.496 e. The van der Waals surface area contributed by atoms with Crippen molar-refractivity contribution in [2.24, 2.45) is 5.14 Å². The second-order valence-corrected chi connectivity index (χ2v) is 10.1. The SMILES string of the molecule is COc1ccccc1-c1nnc(SCC(=O)Nc2ccc(S(N)(=O)=O)cc2)n1-c1ccc(C)cc1. The molecule has 0 saturated carbocycles. The lowest BCUT2D eigenvalue weighted by Gasteiger charge is -2.13. The number of methoxy groups -OCH3 is 1. The van der Waals surface area contributed by atoms with Crippen molar-refractivity contribution in [1.29, 1.82) is 0 Å². The number of nitrogens with one attached hydrogen (secondary N) is 1. The number of sulfonamides is 1. The van der Waals surface area contributed by atoms with Crippen LogP contribution in [0.3, 0.4) is 0 Å². The molecule has 0 radical (unpaired) electrons. The van der Waals surface area contributed by atoms with Gasteiger partial charge in [-0.2, -0.15) is 0 Å². The zero-order valence-electron chi connectivity index (χ0n) is 19.0. The number of carbonyl (C=O) groups excluding carboxylic acids is 1. The minimum absolute atomic E-state index is 0.0278. The van der Waals surface area contributed by atoms with Gasteiger partial charge in [0, 0.05) is 11.4 Å². The van der Waals surface area contributed by atoms with Crippen LogP contribution in [-0.4, -0.2) is 42.0 Å². The number of nitrogens with zero attached hydrogens (tertiary/aromatic N) is 3. The molecule has 0 spiro atoms. The molecular formula is C24H23N5O4S2. The lowest BCUT2D eigenvalue weighted by Crippen LogP contribution is -2.15. The Kier molecular flexibility index (Phi) is 7.20. The summed E-state index contributed by atoms with van der Waals surface area (Å²) >= 11 is 1.23. The molecule has 35 heavy (non-hydrogen) atoms. The average Bonchev–Trinajstić information content (AvgIpc) is 3.26. The van der Waals surface area contributed by atoms with E-state index in [0.29, 0.717) is 22.4 Å². The maximum absolute atomic E-state index is 12.6. The van der Waals surface area contributed by atoms with Gasteiger partial charge in [-0.3, -0.25) is 9.36 Å². The minimum Gasteiger partial charge on any atom is -0.496 e. The summed E-state index contributed by atoms with van der Waals surface area (Å²) in [5, 5.41) is 17.1. The minimum atomic E-state index is -3.80. The van der Waals surface area contributed by atoms with Gasteiger partial charge in [0.25, 0.3) is 0 Å². The molecule has 3 aromatic carbocycles. The van der Waals surface area contributed by atoms with Crippen LogP contribution in [0.25, 0.3) is 17.1 Å². The van der Waals surface area contributed by atoms with E-state index in [4.69, 9.17) is 9.88 Å². The molecule has 0 aliphatic carbocycles. The number of hydrogen-bond acceptors (Lipinski definition) is 7. The van der Waals surface area contributed by atoms with Gasteiger partial charge in [-0.05, 0) is 55.5 Å². The number of thioether (sulfide) groups is 1. The van der Waals surface area contributed by atoms with Gasteiger partial charge in [-0.1, -0.05) is 41.6 Å². The highest BCUT2D eigenvalue weighted by atomic mass is 32.2. The number of ether oxygens (including phenoxy) is 1. The zero-order valence-corrected chi connectivity index (χ0v) is 20.6. The maximum atomic E-state index is 12.6. The molecule has 0 bridgehead atoms. The van der Waals surface area contributed by atoms with Crippen LogP contribution in [0, 0.1) is 6.92 Å². The summed E-state index contributed by atoms with van der Waals surface area (Å²) < 4.78 is 30.2. The predicted molar refractivity (Wildman–Crippen MR) is 135 cm³/mol. The van der Waals surface area contributed by atoms with Crippen molar-refractivity contribution in [3.8, 4) is 22.8 Å². The molecule has 0 fully saturated rings. The number of benzene rings is 3. The molecule has 3 N–H and O–H groups in total. The van der Waals surface area contributed by atoms with Crippen LogP contribution in [0.4, 0.5) is 5.69 Å². The number of rotatable bonds is 8. The van der Waals surface area contributed by atoms with Gasteiger partial charge in [0.2, 0.25) is 15.9 Å². The van der Waals surface area contributed by atoms with Crippen LogP contribution in [0.15, 0.2) is 82.8 Å². The standard InChI is InChI=1S/C24H23N5O4S2/c1-16-7-11-18(12-8-16)29-23(20-5-3-4-6-21(20)33-2)27-28-24(29)34-15-22(30)26-17-9-13-19(14-10-17)35(25,31)32/h3-14H,15H2,1-2H3,(H,26,30)(H2,25,31,32). The monoisotopic (exact) mass is 509 g/mol. The number of para-hydroxylation sites is 1. The van der Waals surface area contributed by atoms with Crippen molar-refractivity contribution < 1.29 is 17.9 Å². The Labute approximate surface area is 207 Å². The lowest BCUT2D eigenvalue weighted by molar-refractivity contribution is -0.113. The van der Waals surface area contributed by atoms with E-state index in [1.165, 1.54) is 36.0 Å². The second kappa shape index (κ2) is 10.3. The first kappa shape index (κ1) is 24.5. The molecule has 0 aliphatic heterocycles. The highest BCUT2D eigenvalue weighted by Crippen LogP contribution is 2.33. The fourth-order valence-corrected chi connectivity index (χ4v) is 4.62. The molecule has 180 valence electrons. The molecule has 9 nitrogen and oxygen atoms in total. The Morgan fingerprint density at radius 3 is 2.37 bits per heavy atom. The molecule has 0 aliphatic rings. The zero-order chi connectivity index (χ0) is 25.0. The maximum Gasteiger partial charge on any atom is 0.238 e. The number of hydrogen-bond donors (Lipinski definition) is 2. The topological polar surface area (TPSA) is 129 Å². The van der Waals surface area contributed by atoms with E-state index in [2.05, 4.69) is 15.5 Å². The van der Waals surface area contributed by atoms with Crippen molar-refractivity contribution in [1.82, 2.24) is 14.8 Å².